The van der Waals surface area contributed by atoms with Crippen LogP contribution in [-0.2, 0) is 38.0 Å². The Morgan fingerprint density at radius 2 is 1.42 bits per heavy atom. The van der Waals surface area contributed by atoms with Crippen molar-refractivity contribution in [3.8, 4) is 0 Å². The highest BCUT2D eigenvalue weighted by atomic mass is 16.8. The molecule has 0 aromatic rings. The molecular formula is C17H28O16. The predicted molar refractivity (Wildman–Crippen MR) is 96.4 cm³/mol. The molecule has 192 valence electrons. The molecule has 12 atom stereocenters. The number of hydrogen-bond donors (Lipinski definition) is 8. The van der Waals surface area contributed by atoms with Crippen molar-refractivity contribution in [1.82, 2.24) is 0 Å². The Kier molecular flexibility index (Phi) is 11.1. The summed E-state index contributed by atoms with van der Waals surface area (Å²) in [4.78, 5) is 23.0. The van der Waals surface area contributed by atoms with Gasteiger partial charge in [0.05, 0.1) is 19.8 Å². The van der Waals surface area contributed by atoms with Crippen LogP contribution in [0.4, 0.5) is 0 Å². The first kappa shape index (κ1) is 28.0. The van der Waals surface area contributed by atoms with E-state index in [0.29, 0.717) is 0 Å². The molecule has 2 saturated heterocycles. The standard InChI is InChI=1S/C17H28O16/c18-1-6(7(2-19)30-17-16(27)33-14(25)9(4-21)31-17)28-10(5-22)32-13-8(3-20)29-15(26)12(24)11(13)23/h2,5-18,20-21,23-27H,1,3-4H2/t6?,7?,8?,9?,10?,11?,12?,13-,14+,15+,16?,17+/m1/s1. The van der Waals surface area contributed by atoms with Crippen LogP contribution in [0, 0.1) is 0 Å². The van der Waals surface area contributed by atoms with E-state index in [9.17, 15) is 45.3 Å². The molecule has 2 fully saturated rings. The summed E-state index contributed by atoms with van der Waals surface area (Å²) < 4.78 is 30.3. The number of rotatable bonds is 12. The van der Waals surface area contributed by atoms with Gasteiger partial charge in [-0.3, -0.25) is 4.79 Å². The zero-order valence-corrected chi connectivity index (χ0v) is 17.0. The van der Waals surface area contributed by atoms with E-state index in [1.54, 1.807) is 0 Å². The fourth-order valence-corrected chi connectivity index (χ4v) is 3.08. The van der Waals surface area contributed by atoms with E-state index in [0.717, 1.165) is 0 Å². The lowest BCUT2D eigenvalue weighted by Gasteiger charge is -2.41. The summed E-state index contributed by atoms with van der Waals surface area (Å²) in [6.07, 6.45) is -20.1. The van der Waals surface area contributed by atoms with Gasteiger partial charge in [-0.2, -0.15) is 0 Å². The number of carbonyl (C=O) groups excluding carboxylic acids is 2. The van der Waals surface area contributed by atoms with Gasteiger partial charge < -0.3 is 74.1 Å². The lowest BCUT2D eigenvalue weighted by Crippen LogP contribution is -2.60. The van der Waals surface area contributed by atoms with Gasteiger partial charge in [0.25, 0.3) is 0 Å². The Balaban J connectivity index is 2.06. The molecule has 0 saturated carbocycles. The summed E-state index contributed by atoms with van der Waals surface area (Å²) in [6.45, 7) is -2.43. The molecule has 0 radical (unpaired) electrons. The quantitative estimate of drug-likeness (QED) is 0.0939. The fourth-order valence-electron chi connectivity index (χ4n) is 3.08. The summed E-state index contributed by atoms with van der Waals surface area (Å²) in [5, 5.41) is 76.8. The number of aliphatic hydroxyl groups excluding tert-OH is 8. The average molecular weight is 488 g/mol. The van der Waals surface area contributed by atoms with Gasteiger partial charge in [-0.25, -0.2) is 0 Å². The molecule has 33 heavy (non-hydrogen) atoms. The van der Waals surface area contributed by atoms with Gasteiger partial charge in [-0.15, -0.1) is 0 Å². The van der Waals surface area contributed by atoms with E-state index < -0.39 is 94.0 Å². The van der Waals surface area contributed by atoms with Crippen LogP contribution in [0.5, 0.6) is 0 Å². The molecule has 2 aliphatic heterocycles. The third-order valence-corrected chi connectivity index (χ3v) is 4.84. The van der Waals surface area contributed by atoms with E-state index in [4.69, 9.17) is 33.5 Å². The van der Waals surface area contributed by atoms with E-state index in [1.807, 2.05) is 0 Å². The van der Waals surface area contributed by atoms with Gasteiger partial charge in [0.1, 0.15) is 42.7 Å². The van der Waals surface area contributed by atoms with Gasteiger partial charge in [0.2, 0.25) is 18.9 Å². The molecule has 2 aliphatic rings. The Bertz CT molecular complexity index is 606. The van der Waals surface area contributed by atoms with Crippen LogP contribution in [0.3, 0.4) is 0 Å². The summed E-state index contributed by atoms with van der Waals surface area (Å²) >= 11 is 0. The summed E-state index contributed by atoms with van der Waals surface area (Å²) in [5.74, 6) is 0. The first-order chi connectivity index (χ1) is 15.7. The molecule has 0 bridgehead atoms. The first-order valence-electron chi connectivity index (χ1n) is 9.76. The Morgan fingerprint density at radius 3 is 1.97 bits per heavy atom. The number of carbonyl (C=O) groups is 2. The maximum atomic E-state index is 11.5. The second kappa shape index (κ2) is 13.0. The Labute approximate surface area is 186 Å². The van der Waals surface area contributed by atoms with Crippen LogP contribution in [-0.4, -0.2) is 147 Å². The molecule has 2 rings (SSSR count). The monoisotopic (exact) mass is 488 g/mol. The minimum atomic E-state index is -1.89. The minimum absolute atomic E-state index is 0.0658. The van der Waals surface area contributed by atoms with Crippen LogP contribution in [0.25, 0.3) is 0 Å². The SMILES string of the molecule is O=CC(OC(CO)C(C=O)O[C@H]1OC(CO)[C@@H](O)OC1O)O[C@@H]1C(CO)O[C@H](O)C(O)C1O. The molecule has 0 aliphatic carbocycles. The van der Waals surface area contributed by atoms with Gasteiger partial charge in [-0.1, -0.05) is 0 Å². The van der Waals surface area contributed by atoms with E-state index in [1.165, 1.54) is 0 Å². The lowest BCUT2D eigenvalue weighted by molar-refractivity contribution is -0.395. The maximum absolute atomic E-state index is 11.5. The van der Waals surface area contributed by atoms with Crippen LogP contribution in [0.2, 0.25) is 0 Å². The highest BCUT2D eigenvalue weighted by Crippen LogP contribution is 2.25. The average Bonchev–Trinajstić information content (AvgIpc) is 2.81. The van der Waals surface area contributed by atoms with Crippen molar-refractivity contribution >= 4 is 12.6 Å². The van der Waals surface area contributed by atoms with Crippen molar-refractivity contribution in [2.45, 2.75) is 74.2 Å². The summed E-state index contributed by atoms with van der Waals surface area (Å²) in [6, 6.07) is 0. The molecular weight excluding hydrogens is 460 g/mol. The van der Waals surface area contributed by atoms with Crippen LogP contribution in [0.15, 0.2) is 0 Å². The zero-order valence-electron chi connectivity index (χ0n) is 17.0. The molecule has 8 N–H and O–H groups in total. The van der Waals surface area contributed by atoms with Gasteiger partial charge in [0.15, 0.2) is 25.2 Å². The van der Waals surface area contributed by atoms with Crippen LogP contribution in [0.1, 0.15) is 0 Å². The van der Waals surface area contributed by atoms with Crippen molar-refractivity contribution in [2.75, 3.05) is 19.8 Å². The second-order valence-corrected chi connectivity index (χ2v) is 7.07. The van der Waals surface area contributed by atoms with Crippen molar-refractivity contribution in [3.63, 3.8) is 0 Å². The van der Waals surface area contributed by atoms with Crippen LogP contribution < -0.4 is 0 Å². The largest absolute Gasteiger partial charge is 0.394 e. The van der Waals surface area contributed by atoms with Crippen molar-refractivity contribution in [1.29, 1.82) is 0 Å². The van der Waals surface area contributed by atoms with E-state index in [-0.39, 0.29) is 12.6 Å². The van der Waals surface area contributed by atoms with Crippen LogP contribution >= 0.6 is 0 Å². The second-order valence-electron chi connectivity index (χ2n) is 7.07. The van der Waals surface area contributed by atoms with E-state index in [2.05, 4.69) is 0 Å². The molecule has 8 unspecified atom stereocenters. The molecule has 0 aromatic heterocycles. The zero-order chi connectivity index (χ0) is 24.7. The molecule has 0 spiro atoms. The van der Waals surface area contributed by atoms with Gasteiger partial charge in [0, 0.05) is 0 Å². The fraction of sp³-hybridized carbons (Fsp3) is 0.882. The number of aldehydes is 2. The topological polar surface area (TPSA) is 251 Å². The molecule has 2 heterocycles. The molecule has 16 nitrogen and oxygen atoms in total. The highest BCUT2D eigenvalue weighted by molar-refractivity contribution is 5.58. The van der Waals surface area contributed by atoms with Gasteiger partial charge >= 0.3 is 0 Å². The number of hydrogen-bond acceptors (Lipinski definition) is 16. The Hall–Kier alpha value is -1.22. The minimum Gasteiger partial charge on any atom is -0.394 e. The Morgan fingerprint density at radius 1 is 0.758 bits per heavy atom. The first-order valence-corrected chi connectivity index (χ1v) is 9.76. The third-order valence-electron chi connectivity index (χ3n) is 4.84. The third kappa shape index (κ3) is 6.90. The molecule has 0 amide bonds. The number of ether oxygens (including phenoxy) is 6. The molecule has 16 heteroatoms. The smallest absolute Gasteiger partial charge is 0.215 e. The summed E-state index contributed by atoms with van der Waals surface area (Å²) in [5.41, 5.74) is 0. The number of aliphatic hydroxyl groups is 8. The maximum Gasteiger partial charge on any atom is 0.215 e. The summed E-state index contributed by atoms with van der Waals surface area (Å²) in [7, 11) is 0. The van der Waals surface area contributed by atoms with Crippen molar-refractivity contribution in [3.05, 3.63) is 0 Å². The molecule has 0 aromatic carbocycles. The van der Waals surface area contributed by atoms with Crippen molar-refractivity contribution in [2.24, 2.45) is 0 Å². The van der Waals surface area contributed by atoms with Gasteiger partial charge in [-0.05, 0) is 0 Å². The van der Waals surface area contributed by atoms with Crippen molar-refractivity contribution < 1.29 is 78.9 Å². The lowest BCUT2D eigenvalue weighted by atomic mass is 9.99. The van der Waals surface area contributed by atoms with E-state index >= 15 is 0 Å². The normalized spacial score (nSPS) is 40.1. The highest BCUT2D eigenvalue weighted by Gasteiger charge is 2.46. The predicted octanol–water partition coefficient (Wildman–Crippen LogP) is -6.34.